The number of anilines is 1. The zero-order chi connectivity index (χ0) is 9.26. The van der Waals surface area contributed by atoms with Crippen LogP contribution in [0.2, 0.25) is 0 Å². The third-order valence-corrected chi connectivity index (χ3v) is 2.73. The van der Waals surface area contributed by atoms with Crippen LogP contribution in [-0.2, 0) is 0 Å². The average molecular weight is 243 g/mol. The summed E-state index contributed by atoms with van der Waals surface area (Å²) in [7, 11) is 0. The first-order valence-corrected chi connectivity index (χ1v) is 5.12. The van der Waals surface area contributed by atoms with Crippen molar-refractivity contribution in [2.24, 2.45) is 0 Å². The molecule has 0 radical (unpaired) electrons. The Morgan fingerprint density at radius 2 is 2.31 bits per heavy atom. The van der Waals surface area contributed by atoms with Crippen molar-refractivity contribution >= 4 is 21.6 Å². The van der Waals surface area contributed by atoms with Crippen LogP contribution in [-0.4, -0.2) is 11.1 Å². The van der Waals surface area contributed by atoms with Gasteiger partial charge in [0, 0.05) is 0 Å². The van der Waals surface area contributed by atoms with Gasteiger partial charge >= 0.3 is 0 Å². The third kappa shape index (κ3) is 1.94. The molecule has 0 atom stereocenters. The van der Waals surface area contributed by atoms with Crippen LogP contribution in [0.4, 0.5) is 5.69 Å². The lowest BCUT2D eigenvalue weighted by molar-refractivity contribution is 0.113. The normalized spacial score (nSPS) is 16.7. The van der Waals surface area contributed by atoms with E-state index in [-0.39, 0.29) is 0 Å². The van der Waals surface area contributed by atoms with Crippen LogP contribution in [0.5, 0.6) is 5.88 Å². The lowest BCUT2D eigenvalue weighted by Crippen LogP contribution is -2.25. The molecule has 0 bridgehead atoms. The molecular formula is C9H11BrN2O. The van der Waals surface area contributed by atoms with E-state index in [1.54, 1.807) is 12.3 Å². The lowest BCUT2D eigenvalue weighted by atomic mass is 9.96. The van der Waals surface area contributed by atoms with Crippen LogP contribution in [0.1, 0.15) is 19.3 Å². The lowest BCUT2D eigenvalue weighted by Gasteiger charge is -2.26. The van der Waals surface area contributed by atoms with Crippen molar-refractivity contribution in [3.63, 3.8) is 0 Å². The molecule has 0 saturated heterocycles. The van der Waals surface area contributed by atoms with E-state index in [1.807, 2.05) is 0 Å². The molecule has 1 aliphatic rings. The predicted molar refractivity (Wildman–Crippen MR) is 54.6 cm³/mol. The highest BCUT2D eigenvalue weighted by molar-refractivity contribution is 9.10. The molecule has 13 heavy (non-hydrogen) atoms. The number of nitrogens with zero attached hydrogens (tertiary/aromatic N) is 1. The minimum Gasteiger partial charge on any atom is -0.474 e. The fourth-order valence-electron chi connectivity index (χ4n) is 1.17. The summed E-state index contributed by atoms with van der Waals surface area (Å²) < 4.78 is 6.46. The summed E-state index contributed by atoms with van der Waals surface area (Å²) in [6.45, 7) is 0. The molecule has 2 rings (SSSR count). The van der Waals surface area contributed by atoms with Gasteiger partial charge in [0.2, 0.25) is 5.88 Å². The largest absolute Gasteiger partial charge is 0.474 e. The summed E-state index contributed by atoms with van der Waals surface area (Å²) in [5.41, 5.74) is 6.20. The summed E-state index contributed by atoms with van der Waals surface area (Å²) in [6, 6.07) is 1.81. The van der Waals surface area contributed by atoms with E-state index >= 15 is 0 Å². The van der Waals surface area contributed by atoms with Crippen molar-refractivity contribution in [1.29, 1.82) is 0 Å². The molecule has 3 nitrogen and oxygen atoms in total. The summed E-state index contributed by atoms with van der Waals surface area (Å²) in [6.07, 6.45) is 5.50. The number of pyridine rings is 1. The van der Waals surface area contributed by atoms with E-state index in [2.05, 4.69) is 20.9 Å². The second kappa shape index (κ2) is 3.54. The van der Waals surface area contributed by atoms with Crippen LogP contribution >= 0.6 is 15.9 Å². The molecule has 0 amide bonds. The second-order valence-corrected chi connectivity index (χ2v) is 4.08. The second-order valence-electron chi connectivity index (χ2n) is 3.23. The molecule has 0 aromatic carbocycles. The minimum absolute atomic E-state index is 0.354. The maximum atomic E-state index is 5.62. The number of nitrogen functional groups attached to an aromatic ring is 1. The molecule has 0 spiro atoms. The number of hydrogen-bond acceptors (Lipinski definition) is 3. The molecule has 1 heterocycles. The SMILES string of the molecule is Nc1cnc(OC2CCC2)c(Br)c1. The smallest absolute Gasteiger partial charge is 0.228 e. The molecule has 0 unspecified atom stereocenters. The van der Waals surface area contributed by atoms with Crippen LogP contribution in [0.15, 0.2) is 16.7 Å². The highest BCUT2D eigenvalue weighted by Gasteiger charge is 2.20. The number of ether oxygens (including phenoxy) is 1. The Bertz CT molecular complexity index is 312. The van der Waals surface area contributed by atoms with Gasteiger partial charge < -0.3 is 10.5 Å². The van der Waals surface area contributed by atoms with Gasteiger partial charge in [-0.25, -0.2) is 4.98 Å². The van der Waals surface area contributed by atoms with E-state index < -0.39 is 0 Å². The Morgan fingerprint density at radius 1 is 1.54 bits per heavy atom. The zero-order valence-electron chi connectivity index (χ0n) is 7.16. The first-order chi connectivity index (χ1) is 6.25. The average Bonchev–Trinajstić information content (AvgIpc) is 1.99. The van der Waals surface area contributed by atoms with Crippen molar-refractivity contribution in [3.8, 4) is 5.88 Å². The zero-order valence-corrected chi connectivity index (χ0v) is 8.75. The number of halogens is 1. The Morgan fingerprint density at radius 3 is 2.85 bits per heavy atom. The fourth-order valence-corrected chi connectivity index (χ4v) is 1.63. The Labute approximate surface area is 85.4 Å². The Hall–Kier alpha value is -0.770. The molecule has 1 fully saturated rings. The maximum Gasteiger partial charge on any atom is 0.228 e. The minimum atomic E-state index is 0.354. The monoisotopic (exact) mass is 242 g/mol. The summed E-state index contributed by atoms with van der Waals surface area (Å²) >= 11 is 3.36. The molecule has 1 aliphatic carbocycles. The van der Waals surface area contributed by atoms with E-state index in [4.69, 9.17) is 10.5 Å². The van der Waals surface area contributed by atoms with Crippen molar-refractivity contribution in [2.75, 3.05) is 5.73 Å². The van der Waals surface area contributed by atoms with Gasteiger partial charge in [0.1, 0.15) is 6.10 Å². The quantitative estimate of drug-likeness (QED) is 0.867. The topological polar surface area (TPSA) is 48.1 Å². The number of aromatic nitrogens is 1. The van der Waals surface area contributed by atoms with E-state index in [9.17, 15) is 0 Å². The number of hydrogen-bond donors (Lipinski definition) is 1. The molecule has 1 saturated carbocycles. The van der Waals surface area contributed by atoms with Crippen LogP contribution in [0, 0.1) is 0 Å². The predicted octanol–water partition coefficient (Wildman–Crippen LogP) is 2.36. The van der Waals surface area contributed by atoms with E-state index in [1.165, 1.54) is 6.42 Å². The van der Waals surface area contributed by atoms with E-state index in [0.29, 0.717) is 17.7 Å². The van der Waals surface area contributed by atoms with Crippen molar-refractivity contribution in [2.45, 2.75) is 25.4 Å². The van der Waals surface area contributed by atoms with Crippen LogP contribution in [0.25, 0.3) is 0 Å². The van der Waals surface area contributed by atoms with Gasteiger partial charge in [-0.05, 0) is 41.3 Å². The van der Waals surface area contributed by atoms with Gasteiger partial charge in [0.15, 0.2) is 0 Å². The maximum absolute atomic E-state index is 5.62. The van der Waals surface area contributed by atoms with Crippen LogP contribution in [0.3, 0.4) is 0 Å². The summed E-state index contributed by atoms with van der Waals surface area (Å²) in [5, 5.41) is 0. The van der Waals surface area contributed by atoms with Gasteiger partial charge in [-0.2, -0.15) is 0 Å². The first kappa shape index (κ1) is 8.81. The molecule has 2 N–H and O–H groups in total. The summed E-state index contributed by atoms with van der Waals surface area (Å²) in [5.74, 6) is 0.652. The molecule has 1 aromatic heterocycles. The first-order valence-electron chi connectivity index (χ1n) is 4.33. The van der Waals surface area contributed by atoms with Gasteiger partial charge in [0.25, 0.3) is 0 Å². The molecular weight excluding hydrogens is 232 g/mol. The Kier molecular flexibility index (Phi) is 2.40. The molecule has 0 aliphatic heterocycles. The van der Waals surface area contributed by atoms with Crippen molar-refractivity contribution in [1.82, 2.24) is 4.98 Å². The number of nitrogens with two attached hydrogens (primary N) is 1. The molecule has 70 valence electrons. The van der Waals surface area contributed by atoms with Gasteiger partial charge in [-0.1, -0.05) is 0 Å². The number of rotatable bonds is 2. The fraction of sp³-hybridized carbons (Fsp3) is 0.444. The third-order valence-electron chi connectivity index (χ3n) is 2.16. The van der Waals surface area contributed by atoms with Gasteiger partial charge in [0.05, 0.1) is 16.4 Å². The van der Waals surface area contributed by atoms with Crippen molar-refractivity contribution in [3.05, 3.63) is 16.7 Å². The van der Waals surface area contributed by atoms with Crippen LogP contribution < -0.4 is 10.5 Å². The Balaban J connectivity index is 2.10. The van der Waals surface area contributed by atoms with Crippen molar-refractivity contribution < 1.29 is 4.74 Å². The highest BCUT2D eigenvalue weighted by Crippen LogP contribution is 2.29. The molecule has 1 aromatic rings. The van der Waals surface area contributed by atoms with Gasteiger partial charge in [-0.15, -0.1) is 0 Å². The van der Waals surface area contributed by atoms with E-state index in [0.717, 1.165) is 17.3 Å². The highest BCUT2D eigenvalue weighted by atomic mass is 79.9. The standard InChI is InChI=1S/C9H11BrN2O/c10-8-4-6(11)5-12-9(8)13-7-2-1-3-7/h4-5,7H,1-3,11H2. The van der Waals surface area contributed by atoms with Gasteiger partial charge in [-0.3, -0.25) is 0 Å². The molecule has 4 heteroatoms. The summed E-state index contributed by atoms with van der Waals surface area (Å²) in [4.78, 5) is 4.11.